The Hall–Kier alpha value is -2.95. The fraction of sp³-hybridized carbons (Fsp3) is 0.286. The van der Waals surface area contributed by atoms with Gasteiger partial charge in [0.05, 0.1) is 12.1 Å². The first-order valence-corrected chi connectivity index (χ1v) is 8.95. The first kappa shape index (κ1) is 17.9. The van der Waals surface area contributed by atoms with Gasteiger partial charge in [0.25, 0.3) is 0 Å². The molecule has 0 saturated carbocycles. The summed E-state index contributed by atoms with van der Waals surface area (Å²) in [4.78, 5) is 25.7. The minimum atomic E-state index is 0.0986. The van der Waals surface area contributed by atoms with Crippen molar-refractivity contribution < 1.29 is 4.79 Å². The van der Waals surface area contributed by atoms with Crippen molar-refractivity contribution in [3.8, 4) is 11.4 Å². The number of amides is 1. The van der Waals surface area contributed by atoms with Crippen LogP contribution < -0.4 is 4.90 Å². The van der Waals surface area contributed by atoms with Gasteiger partial charge >= 0.3 is 0 Å². The molecular formula is C21H24N4O. The molecule has 26 heavy (non-hydrogen) atoms. The number of benzene rings is 2. The lowest BCUT2D eigenvalue weighted by atomic mass is 10.1. The maximum absolute atomic E-state index is 12.5. The lowest BCUT2D eigenvalue weighted by molar-refractivity contribution is -0.129. The van der Waals surface area contributed by atoms with E-state index >= 15 is 0 Å². The number of likely N-dealkylation sites (N-methyl/N-ethyl adjacent to an activating group) is 2. The number of rotatable bonds is 6. The van der Waals surface area contributed by atoms with Crippen LogP contribution in [0.2, 0.25) is 0 Å². The van der Waals surface area contributed by atoms with Gasteiger partial charge < -0.3 is 9.80 Å². The number of aromatic nitrogens is 2. The zero-order valence-electron chi connectivity index (χ0n) is 15.5. The van der Waals surface area contributed by atoms with Crippen molar-refractivity contribution in [2.45, 2.75) is 13.8 Å². The Bertz CT molecular complexity index is 891. The summed E-state index contributed by atoms with van der Waals surface area (Å²) in [5, 5.41) is 0.946. The van der Waals surface area contributed by atoms with Crippen molar-refractivity contribution in [2.75, 3.05) is 31.6 Å². The van der Waals surface area contributed by atoms with Crippen LogP contribution >= 0.6 is 0 Å². The van der Waals surface area contributed by atoms with Crippen LogP contribution in [-0.2, 0) is 4.79 Å². The summed E-state index contributed by atoms with van der Waals surface area (Å²) < 4.78 is 0. The molecule has 5 heteroatoms. The summed E-state index contributed by atoms with van der Waals surface area (Å²) in [7, 11) is 1.91. The Morgan fingerprint density at radius 1 is 0.923 bits per heavy atom. The zero-order chi connectivity index (χ0) is 18.5. The third-order valence-electron chi connectivity index (χ3n) is 4.47. The number of carbonyl (C=O) groups is 1. The van der Waals surface area contributed by atoms with Gasteiger partial charge in [-0.3, -0.25) is 4.79 Å². The molecule has 0 bridgehead atoms. The number of nitrogens with zero attached hydrogens (tertiary/aromatic N) is 4. The highest BCUT2D eigenvalue weighted by molar-refractivity contribution is 5.92. The van der Waals surface area contributed by atoms with E-state index in [4.69, 9.17) is 9.97 Å². The summed E-state index contributed by atoms with van der Waals surface area (Å²) in [5.74, 6) is 1.54. The molecule has 0 fully saturated rings. The van der Waals surface area contributed by atoms with Crippen LogP contribution in [0.3, 0.4) is 0 Å². The summed E-state index contributed by atoms with van der Waals surface area (Å²) in [6.45, 7) is 5.70. The van der Waals surface area contributed by atoms with Crippen molar-refractivity contribution in [3.63, 3.8) is 0 Å². The molecule has 0 aliphatic heterocycles. The quantitative estimate of drug-likeness (QED) is 0.683. The van der Waals surface area contributed by atoms with Gasteiger partial charge in [0.2, 0.25) is 5.91 Å². The second-order valence-corrected chi connectivity index (χ2v) is 6.18. The van der Waals surface area contributed by atoms with Crippen molar-refractivity contribution in [1.82, 2.24) is 14.9 Å². The lowest BCUT2D eigenvalue weighted by Gasteiger charge is -2.24. The molecule has 134 valence electrons. The predicted molar refractivity (Wildman–Crippen MR) is 106 cm³/mol. The number of hydrogen-bond donors (Lipinski definition) is 0. The third-order valence-corrected chi connectivity index (χ3v) is 4.47. The highest BCUT2D eigenvalue weighted by atomic mass is 16.2. The molecule has 0 saturated heterocycles. The average molecular weight is 348 g/mol. The Kier molecular flexibility index (Phi) is 5.46. The standard InChI is InChI=1S/C21H24N4O/c1-4-25(5-2)19(26)15-24(3)21-17-13-9-10-14-18(17)22-20(23-21)16-11-7-6-8-12-16/h6-14H,4-5,15H2,1-3H3. The second-order valence-electron chi connectivity index (χ2n) is 6.18. The van der Waals surface area contributed by atoms with Gasteiger partial charge in [0, 0.05) is 31.1 Å². The molecule has 0 N–H and O–H groups in total. The van der Waals surface area contributed by atoms with Gasteiger partial charge in [-0.1, -0.05) is 42.5 Å². The summed E-state index contributed by atoms with van der Waals surface area (Å²) in [6.07, 6.45) is 0. The van der Waals surface area contributed by atoms with E-state index in [0.29, 0.717) is 18.9 Å². The first-order chi connectivity index (χ1) is 12.6. The molecule has 0 radical (unpaired) electrons. The molecule has 5 nitrogen and oxygen atoms in total. The molecule has 0 spiro atoms. The number of anilines is 1. The summed E-state index contributed by atoms with van der Waals surface area (Å²) >= 11 is 0. The van der Waals surface area contributed by atoms with Crippen LogP contribution in [0.4, 0.5) is 5.82 Å². The Morgan fingerprint density at radius 2 is 1.58 bits per heavy atom. The topological polar surface area (TPSA) is 49.3 Å². The lowest BCUT2D eigenvalue weighted by Crippen LogP contribution is -2.39. The molecule has 1 aromatic heterocycles. The van der Waals surface area contributed by atoms with Crippen molar-refractivity contribution in [1.29, 1.82) is 0 Å². The van der Waals surface area contributed by atoms with E-state index in [2.05, 4.69) is 0 Å². The number of hydrogen-bond acceptors (Lipinski definition) is 4. The Labute approximate surface area is 154 Å². The van der Waals surface area contributed by atoms with Gasteiger partial charge in [-0.25, -0.2) is 9.97 Å². The van der Waals surface area contributed by atoms with Crippen LogP contribution in [-0.4, -0.2) is 47.5 Å². The smallest absolute Gasteiger partial charge is 0.242 e. The minimum absolute atomic E-state index is 0.0986. The summed E-state index contributed by atoms with van der Waals surface area (Å²) in [5.41, 5.74) is 1.83. The van der Waals surface area contributed by atoms with Crippen molar-refractivity contribution in [3.05, 3.63) is 54.6 Å². The SMILES string of the molecule is CCN(CC)C(=O)CN(C)c1nc(-c2ccccc2)nc2ccccc12. The molecule has 0 aliphatic rings. The molecule has 3 aromatic rings. The maximum Gasteiger partial charge on any atom is 0.242 e. The Balaban J connectivity index is 2.02. The van der Waals surface area contributed by atoms with E-state index in [9.17, 15) is 4.79 Å². The van der Waals surface area contributed by atoms with Gasteiger partial charge in [0.15, 0.2) is 5.82 Å². The average Bonchev–Trinajstić information content (AvgIpc) is 2.68. The van der Waals surface area contributed by atoms with Crippen LogP contribution in [0, 0.1) is 0 Å². The molecule has 0 aliphatic carbocycles. The van der Waals surface area contributed by atoms with E-state index in [1.54, 1.807) is 0 Å². The molecule has 0 atom stereocenters. The molecule has 2 aromatic carbocycles. The number of para-hydroxylation sites is 1. The van der Waals surface area contributed by atoms with E-state index in [1.165, 1.54) is 0 Å². The monoisotopic (exact) mass is 348 g/mol. The fourth-order valence-corrected chi connectivity index (χ4v) is 3.02. The van der Waals surface area contributed by atoms with Gasteiger partial charge in [-0.05, 0) is 26.0 Å². The number of carbonyl (C=O) groups excluding carboxylic acids is 1. The largest absolute Gasteiger partial charge is 0.350 e. The van der Waals surface area contributed by atoms with Crippen LogP contribution in [0.25, 0.3) is 22.3 Å². The Morgan fingerprint density at radius 3 is 2.27 bits per heavy atom. The minimum Gasteiger partial charge on any atom is -0.350 e. The highest BCUT2D eigenvalue weighted by Crippen LogP contribution is 2.26. The number of fused-ring (bicyclic) bond motifs is 1. The highest BCUT2D eigenvalue weighted by Gasteiger charge is 2.17. The molecular weight excluding hydrogens is 324 g/mol. The molecule has 0 unspecified atom stereocenters. The van der Waals surface area contributed by atoms with Crippen LogP contribution in [0.15, 0.2) is 54.6 Å². The van der Waals surface area contributed by atoms with Gasteiger partial charge in [-0.15, -0.1) is 0 Å². The maximum atomic E-state index is 12.5. The van der Waals surface area contributed by atoms with E-state index in [0.717, 1.165) is 22.3 Å². The fourth-order valence-electron chi connectivity index (χ4n) is 3.02. The van der Waals surface area contributed by atoms with Crippen molar-refractivity contribution in [2.24, 2.45) is 0 Å². The second kappa shape index (κ2) is 7.95. The third kappa shape index (κ3) is 3.67. The molecule has 1 amide bonds. The normalized spacial score (nSPS) is 10.7. The van der Waals surface area contributed by atoms with E-state index < -0.39 is 0 Å². The first-order valence-electron chi connectivity index (χ1n) is 8.95. The van der Waals surface area contributed by atoms with E-state index in [-0.39, 0.29) is 12.5 Å². The molecule has 3 rings (SSSR count). The molecule has 1 heterocycles. The van der Waals surface area contributed by atoms with Gasteiger partial charge in [-0.2, -0.15) is 0 Å². The van der Waals surface area contributed by atoms with Crippen molar-refractivity contribution >= 4 is 22.6 Å². The van der Waals surface area contributed by atoms with Gasteiger partial charge in [0.1, 0.15) is 5.82 Å². The zero-order valence-corrected chi connectivity index (χ0v) is 15.5. The van der Waals surface area contributed by atoms with Crippen LogP contribution in [0.1, 0.15) is 13.8 Å². The van der Waals surface area contributed by atoms with Crippen LogP contribution in [0.5, 0.6) is 0 Å². The van der Waals surface area contributed by atoms with E-state index in [1.807, 2.05) is 85.3 Å². The predicted octanol–water partition coefficient (Wildman–Crippen LogP) is 3.60. The summed E-state index contributed by atoms with van der Waals surface area (Å²) in [6, 6.07) is 17.8.